The summed E-state index contributed by atoms with van der Waals surface area (Å²) in [5, 5.41) is 4.43. The highest BCUT2D eigenvalue weighted by molar-refractivity contribution is 9.10. The minimum Gasteiger partial charge on any atom is -0.407 e. The van der Waals surface area contributed by atoms with Crippen molar-refractivity contribution in [1.29, 1.82) is 0 Å². The van der Waals surface area contributed by atoms with Crippen molar-refractivity contribution in [2.45, 2.75) is 32.7 Å². The molecule has 1 aromatic heterocycles. The molecule has 1 aliphatic carbocycles. The van der Waals surface area contributed by atoms with Gasteiger partial charge in [-0.25, -0.2) is 4.99 Å². The number of rotatable bonds is 4. The molecular formula is C16H15Br2N3O2. The smallest absolute Gasteiger partial charge is 0.299 e. The number of carbonyl (C=O) groups is 1. The molecule has 1 fully saturated rings. The SMILES string of the molecule is Cc1cc(Br)cc(C)c1/N=C(\OC=O)c1cc(Br)nn1C1CC1. The molecule has 0 radical (unpaired) electrons. The number of ether oxygens (including phenoxy) is 1. The van der Waals surface area contributed by atoms with E-state index in [0.717, 1.165) is 34.1 Å². The van der Waals surface area contributed by atoms with Crippen LogP contribution < -0.4 is 0 Å². The Labute approximate surface area is 151 Å². The Bertz CT molecular complexity index is 772. The van der Waals surface area contributed by atoms with Crippen LogP contribution in [0.3, 0.4) is 0 Å². The van der Waals surface area contributed by atoms with Crippen molar-refractivity contribution >= 4 is 49.9 Å². The third-order valence-corrected chi connectivity index (χ3v) is 4.49. The van der Waals surface area contributed by atoms with Gasteiger partial charge in [-0.1, -0.05) is 15.9 Å². The summed E-state index contributed by atoms with van der Waals surface area (Å²) in [4.78, 5) is 15.6. The molecule has 0 bridgehead atoms. The first-order chi connectivity index (χ1) is 11.0. The highest BCUT2D eigenvalue weighted by atomic mass is 79.9. The summed E-state index contributed by atoms with van der Waals surface area (Å²) in [6.45, 7) is 4.35. The van der Waals surface area contributed by atoms with Gasteiger partial charge < -0.3 is 4.74 Å². The zero-order valence-corrected chi connectivity index (χ0v) is 15.9. The van der Waals surface area contributed by atoms with E-state index in [9.17, 15) is 4.79 Å². The predicted molar refractivity (Wildman–Crippen MR) is 95.2 cm³/mol. The van der Waals surface area contributed by atoms with Crippen LogP contribution in [-0.4, -0.2) is 22.2 Å². The van der Waals surface area contributed by atoms with Gasteiger partial charge in [0.25, 0.3) is 6.47 Å². The molecule has 0 spiro atoms. The van der Waals surface area contributed by atoms with E-state index in [2.05, 4.69) is 42.0 Å². The zero-order valence-electron chi connectivity index (χ0n) is 12.7. The van der Waals surface area contributed by atoms with Crippen molar-refractivity contribution in [3.05, 3.63) is 44.1 Å². The summed E-state index contributed by atoms with van der Waals surface area (Å²) >= 11 is 6.86. The van der Waals surface area contributed by atoms with Crippen molar-refractivity contribution in [2.75, 3.05) is 0 Å². The third kappa shape index (κ3) is 3.55. The van der Waals surface area contributed by atoms with Gasteiger partial charge in [0, 0.05) is 10.5 Å². The van der Waals surface area contributed by atoms with Crippen LogP contribution in [0.2, 0.25) is 0 Å². The van der Waals surface area contributed by atoms with Gasteiger partial charge in [0.1, 0.15) is 10.3 Å². The largest absolute Gasteiger partial charge is 0.407 e. The van der Waals surface area contributed by atoms with Crippen molar-refractivity contribution in [3.8, 4) is 0 Å². The van der Waals surface area contributed by atoms with Crippen LogP contribution in [0.5, 0.6) is 0 Å². The van der Waals surface area contributed by atoms with Crippen molar-refractivity contribution in [2.24, 2.45) is 4.99 Å². The van der Waals surface area contributed by atoms with Gasteiger partial charge in [-0.2, -0.15) is 5.10 Å². The Hall–Kier alpha value is -1.47. The molecule has 0 amide bonds. The van der Waals surface area contributed by atoms with Gasteiger partial charge in [-0.3, -0.25) is 9.48 Å². The number of nitrogens with zero attached hydrogens (tertiary/aromatic N) is 3. The fourth-order valence-corrected chi connectivity index (χ4v) is 3.57. The lowest BCUT2D eigenvalue weighted by Gasteiger charge is -2.10. The fraction of sp³-hybridized carbons (Fsp3) is 0.312. The Kier molecular flexibility index (Phi) is 4.68. The average molecular weight is 441 g/mol. The number of aryl methyl sites for hydroxylation is 2. The number of halogens is 2. The van der Waals surface area contributed by atoms with Crippen molar-refractivity contribution < 1.29 is 9.53 Å². The molecule has 1 saturated carbocycles. The van der Waals surface area contributed by atoms with Crippen LogP contribution >= 0.6 is 31.9 Å². The standard InChI is InChI=1S/C16H15Br2N3O2/c1-9-5-11(17)6-10(2)15(9)19-16(23-8-22)13-7-14(18)20-21(13)12-3-4-12/h5-8,12H,3-4H2,1-2H3/b19-16-. The van der Waals surface area contributed by atoms with E-state index in [0.29, 0.717) is 22.8 Å². The second kappa shape index (κ2) is 6.57. The fourth-order valence-electron chi connectivity index (χ4n) is 2.49. The van der Waals surface area contributed by atoms with E-state index in [1.165, 1.54) is 0 Å². The molecule has 0 unspecified atom stereocenters. The molecule has 7 heteroatoms. The van der Waals surface area contributed by atoms with Gasteiger partial charge in [-0.05, 0) is 65.9 Å². The Balaban J connectivity index is 2.11. The average Bonchev–Trinajstić information content (AvgIpc) is 3.24. The molecule has 2 aromatic rings. The van der Waals surface area contributed by atoms with E-state index < -0.39 is 0 Å². The highest BCUT2D eigenvalue weighted by Gasteiger charge is 2.29. The zero-order chi connectivity index (χ0) is 16.6. The lowest BCUT2D eigenvalue weighted by Crippen LogP contribution is -2.13. The van der Waals surface area contributed by atoms with E-state index in [-0.39, 0.29) is 5.90 Å². The van der Waals surface area contributed by atoms with Crippen LogP contribution in [0.25, 0.3) is 0 Å². The quantitative estimate of drug-likeness (QED) is 0.396. The maximum Gasteiger partial charge on any atom is 0.299 e. The second-order valence-corrected chi connectivity index (χ2v) is 7.28. The highest BCUT2D eigenvalue weighted by Crippen LogP contribution is 2.37. The van der Waals surface area contributed by atoms with Crippen LogP contribution in [0.1, 0.15) is 35.7 Å². The first kappa shape index (κ1) is 16.4. The van der Waals surface area contributed by atoms with E-state index >= 15 is 0 Å². The Morgan fingerprint density at radius 3 is 2.52 bits per heavy atom. The molecular weight excluding hydrogens is 426 g/mol. The second-order valence-electron chi connectivity index (χ2n) is 5.55. The summed E-state index contributed by atoms with van der Waals surface area (Å²) in [5.74, 6) is 0.263. The predicted octanol–water partition coefficient (Wildman–Crippen LogP) is 4.61. The lowest BCUT2D eigenvalue weighted by atomic mass is 10.1. The van der Waals surface area contributed by atoms with E-state index in [1.807, 2.05) is 36.7 Å². The molecule has 0 atom stereocenters. The van der Waals surface area contributed by atoms with Crippen LogP contribution in [-0.2, 0) is 9.53 Å². The van der Waals surface area contributed by atoms with Crippen LogP contribution in [0.15, 0.2) is 32.3 Å². The minimum atomic E-state index is 0.263. The molecule has 5 nitrogen and oxygen atoms in total. The molecule has 120 valence electrons. The number of aromatic nitrogens is 2. The molecule has 0 saturated heterocycles. The van der Waals surface area contributed by atoms with Gasteiger partial charge in [0.2, 0.25) is 5.90 Å². The summed E-state index contributed by atoms with van der Waals surface area (Å²) < 4.78 is 8.75. The minimum absolute atomic E-state index is 0.263. The molecule has 23 heavy (non-hydrogen) atoms. The molecule has 1 heterocycles. The third-order valence-electron chi connectivity index (χ3n) is 3.65. The summed E-state index contributed by atoms with van der Waals surface area (Å²) in [6, 6.07) is 6.14. The summed E-state index contributed by atoms with van der Waals surface area (Å²) in [6.07, 6.45) is 2.15. The molecule has 1 aliphatic rings. The van der Waals surface area contributed by atoms with Gasteiger partial charge in [0.15, 0.2) is 0 Å². The number of hydrogen-bond acceptors (Lipinski definition) is 4. The molecule has 0 N–H and O–H groups in total. The maximum absolute atomic E-state index is 11.0. The van der Waals surface area contributed by atoms with Crippen LogP contribution in [0, 0.1) is 13.8 Å². The number of aliphatic imine (C=N–C) groups is 1. The van der Waals surface area contributed by atoms with Crippen LogP contribution in [0.4, 0.5) is 5.69 Å². The summed E-state index contributed by atoms with van der Waals surface area (Å²) in [5.41, 5.74) is 3.50. The van der Waals surface area contributed by atoms with Gasteiger partial charge in [0.05, 0.1) is 11.7 Å². The summed E-state index contributed by atoms with van der Waals surface area (Å²) in [7, 11) is 0. The maximum atomic E-state index is 11.0. The Morgan fingerprint density at radius 2 is 1.96 bits per heavy atom. The number of hydrogen-bond donors (Lipinski definition) is 0. The van der Waals surface area contributed by atoms with Crippen molar-refractivity contribution in [3.63, 3.8) is 0 Å². The van der Waals surface area contributed by atoms with E-state index in [4.69, 9.17) is 4.74 Å². The van der Waals surface area contributed by atoms with Gasteiger partial charge >= 0.3 is 0 Å². The first-order valence-electron chi connectivity index (χ1n) is 7.20. The van der Waals surface area contributed by atoms with E-state index in [1.54, 1.807) is 0 Å². The first-order valence-corrected chi connectivity index (χ1v) is 8.79. The molecule has 3 rings (SSSR count). The molecule has 1 aromatic carbocycles. The van der Waals surface area contributed by atoms with Gasteiger partial charge in [-0.15, -0.1) is 0 Å². The monoisotopic (exact) mass is 439 g/mol. The lowest BCUT2D eigenvalue weighted by molar-refractivity contribution is -0.121. The topological polar surface area (TPSA) is 56.5 Å². The number of carbonyl (C=O) groups excluding carboxylic acids is 1. The van der Waals surface area contributed by atoms with Crippen molar-refractivity contribution in [1.82, 2.24) is 9.78 Å². The normalized spacial score (nSPS) is 14.9. The Morgan fingerprint density at radius 1 is 1.30 bits per heavy atom. The number of benzene rings is 1. The molecule has 0 aliphatic heterocycles.